The summed E-state index contributed by atoms with van der Waals surface area (Å²) in [4.78, 5) is 23.0. The maximum absolute atomic E-state index is 12.2. The number of ether oxygens (including phenoxy) is 2. The Bertz CT molecular complexity index is 562. The molecule has 1 unspecified atom stereocenters. The van der Waals surface area contributed by atoms with Crippen molar-refractivity contribution in [3.63, 3.8) is 0 Å². The van der Waals surface area contributed by atoms with Gasteiger partial charge in [-0.05, 0) is 12.5 Å². The van der Waals surface area contributed by atoms with Crippen LogP contribution in [0.25, 0.3) is 0 Å². The number of hydrogen-bond acceptors (Lipinski definition) is 5. The molecule has 0 saturated carbocycles. The molecule has 134 valence electrons. The normalized spacial score (nSPS) is 13.9. The lowest BCUT2D eigenvalue weighted by Gasteiger charge is -2.24. The Morgan fingerprint density at radius 1 is 1.08 bits per heavy atom. The van der Waals surface area contributed by atoms with Crippen LogP contribution in [-0.4, -0.2) is 55.9 Å². The zero-order chi connectivity index (χ0) is 18.4. The minimum Gasteiger partial charge on any atom is -0.465 e. The van der Waals surface area contributed by atoms with E-state index in [1.807, 2.05) is 24.3 Å². The van der Waals surface area contributed by atoms with Gasteiger partial charge in [0.15, 0.2) is 0 Å². The lowest BCUT2D eigenvalue weighted by Crippen LogP contribution is -2.38. The van der Waals surface area contributed by atoms with Crippen molar-refractivity contribution in [2.45, 2.75) is 27.0 Å². The summed E-state index contributed by atoms with van der Waals surface area (Å²) < 4.78 is 10.9. The molecule has 0 spiro atoms. The van der Waals surface area contributed by atoms with Crippen LogP contribution in [0.2, 0.25) is 0 Å². The third-order valence-corrected chi connectivity index (χ3v) is 3.49. The lowest BCUT2D eigenvalue weighted by molar-refractivity contribution is -0.884. The molecule has 6 nitrogen and oxygen atoms in total. The van der Waals surface area contributed by atoms with E-state index in [0.717, 1.165) is 16.6 Å². The molecule has 0 fully saturated rings. The highest BCUT2D eigenvalue weighted by Gasteiger charge is 2.36. The number of esters is 2. The number of carbonyl (C=O) groups is 2. The molecular formula is C18H28NO5+. The summed E-state index contributed by atoms with van der Waals surface area (Å²) >= 11 is 0. The molecule has 1 aromatic rings. The average Bonchev–Trinajstić information content (AvgIpc) is 2.50. The van der Waals surface area contributed by atoms with Gasteiger partial charge in [-0.15, -0.1) is 0 Å². The van der Waals surface area contributed by atoms with Crippen molar-refractivity contribution in [3.05, 3.63) is 35.4 Å². The smallest absolute Gasteiger partial charge is 0.317 e. The Balaban J connectivity index is 2.61. The van der Waals surface area contributed by atoms with E-state index in [1.165, 1.54) is 19.4 Å². The van der Waals surface area contributed by atoms with Gasteiger partial charge >= 0.3 is 11.9 Å². The van der Waals surface area contributed by atoms with Crippen LogP contribution in [0.5, 0.6) is 0 Å². The first-order valence-corrected chi connectivity index (χ1v) is 7.85. The minimum atomic E-state index is -1.25. The molecule has 0 saturated heterocycles. The number of rotatable bonds is 8. The third kappa shape index (κ3) is 6.68. The molecule has 0 aliphatic heterocycles. The molecule has 1 rings (SSSR count). The molecule has 0 radical (unpaired) electrons. The van der Waals surface area contributed by atoms with E-state index in [-0.39, 0.29) is 13.2 Å². The van der Waals surface area contributed by atoms with Crippen molar-refractivity contribution >= 4 is 11.9 Å². The average molecular weight is 338 g/mol. The largest absolute Gasteiger partial charge is 0.465 e. The monoisotopic (exact) mass is 338 g/mol. The van der Waals surface area contributed by atoms with Crippen LogP contribution < -0.4 is 0 Å². The summed E-state index contributed by atoms with van der Waals surface area (Å²) in [5, 5.41) is 9.42. The van der Waals surface area contributed by atoms with Gasteiger partial charge in [0.05, 0.1) is 27.7 Å². The molecule has 0 aliphatic rings. The molecule has 24 heavy (non-hydrogen) atoms. The van der Waals surface area contributed by atoms with Gasteiger partial charge in [0, 0.05) is 12.5 Å². The van der Waals surface area contributed by atoms with Crippen LogP contribution in [0, 0.1) is 5.41 Å². The fourth-order valence-electron chi connectivity index (χ4n) is 2.04. The maximum atomic E-state index is 12.2. The zero-order valence-electron chi connectivity index (χ0n) is 15.2. The topological polar surface area (TPSA) is 72.8 Å². The highest BCUT2D eigenvalue weighted by molar-refractivity contribution is 5.77. The fourth-order valence-corrected chi connectivity index (χ4v) is 2.04. The van der Waals surface area contributed by atoms with E-state index in [9.17, 15) is 14.7 Å². The second kappa shape index (κ2) is 8.26. The fraction of sp³-hybridized carbons (Fsp3) is 0.556. The molecular weight excluding hydrogens is 310 g/mol. The van der Waals surface area contributed by atoms with Crippen molar-refractivity contribution in [2.24, 2.45) is 5.41 Å². The summed E-state index contributed by atoms with van der Waals surface area (Å²) in [7, 11) is 6.36. The van der Waals surface area contributed by atoms with E-state index < -0.39 is 24.0 Å². The summed E-state index contributed by atoms with van der Waals surface area (Å²) in [5.74, 6) is -1.10. The number of nitrogens with zero attached hydrogens (tertiary/aromatic N) is 1. The number of hydrogen-bond donors (Lipinski definition) is 1. The SMILES string of the molecule is CC(=O)OCC(C)(CO)C(=O)OCc1ccc(C[N+](C)(C)C)cc1. The highest BCUT2D eigenvalue weighted by atomic mass is 16.6. The quantitative estimate of drug-likeness (QED) is 0.574. The number of aliphatic hydroxyl groups excluding tert-OH is 1. The Morgan fingerprint density at radius 2 is 1.62 bits per heavy atom. The van der Waals surface area contributed by atoms with Gasteiger partial charge in [-0.3, -0.25) is 9.59 Å². The third-order valence-electron chi connectivity index (χ3n) is 3.49. The first-order chi connectivity index (χ1) is 11.1. The van der Waals surface area contributed by atoms with Gasteiger partial charge < -0.3 is 19.1 Å². The van der Waals surface area contributed by atoms with Crippen molar-refractivity contribution in [2.75, 3.05) is 34.4 Å². The van der Waals surface area contributed by atoms with Crippen molar-refractivity contribution in [1.29, 1.82) is 0 Å². The summed E-state index contributed by atoms with van der Waals surface area (Å²) in [6, 6.07) is 7.86. The molecule has 1 atom stereocenters. The molecule has 0 aliphatic carbocycles. The Kier molecular flexibility index (Phi) is 6.93. The first-order valence-electron chi connectivity index (χ1n) is 7.85. The molecule has 6 heteroatoms. The van der Waals surface area contributed by atoms with Gasteiger partial charge in [0.2, 0.25) is 0 Å². The van der Waals surface area contributed by atoms with Crippen molar-refractivity contribution in [3.8, 4) is 0 Å². The summed E-state index contributed by atoms with van der Waals surface area (Å²) in [6.45, 7) is 3.11. The van der Waals surface area contributed by atoms with Crippen molar-refractivity contribution < 1.29 is 28.7 Å². The van der Waals surface area contributed by atoms with E-state index >= 15 is 0 Å². The Labute approximate surface area is 143 Å². The molecule has 0 amide bonds. The number of aliphatic hydroxyl groups is 1. The number of benzene rings is 1. The van der Waals surface area contributed by atoms with E-state index in [0.29, 0.717) is 0 Å². The molecule has 1 N–H and O–H groups in total. The zero-order valence-corrected chi connectivity index (χ0v) is 15.2. The van der Waals surface area contributed by atoms with Crippen LogP contribution in [0.15, 0.2) is 24.3 Å². The second-order valence-electron chi connectivity index (χ2n) is 7.34. The summed E-state index contributed by atoms with van der Waals surface area (Å²) in [6.07, 6.45) is 0. The van der Waals surface area contributed by atoms with Gasteiger partial charge in [0.25, 0.3) is 0 Å². The molecule has 0 heterocycles. The van der Waals surface area contributed by atoms with Crippen LogP contribution >= 0.6 is 0 Å². The van der Waals surface area contributed by atoms with Crippen molar-refractivity contribution in [1.82, 2.24) is 0 Å². The van der Waals surface area contributed by atoms with Crippen LogP contribution in [0.4, 0.5) is 0 Å². The van der Waals surface area contributed by atoms with Gasteiger partial charge in [-0.25, -0.2) is 0 Å². The predicted molar refractivity (Wildman–Crippen MR) is 89.8 cm³/mol. The second-order valence-corrected chi connectivity index (χ2v) is 7.34. The predicted octanol–water partition coefficient (Wildman–Crippen LogP) is 1.50. The minimum absolute atomic E-state index is 0.110. The number of quaternary nitrogens is 1. The molecule has 1 aromatic carbocycles. The molecule has 0 bridgehead atoms. The van der Waals surface area contributed by atoms with Crippen LogP contribution in [0.1, 0.15) is 25.0 Å². The lowest BCUT2D eigenvalue weighted by atomic mass is 9.93. The van der Waals surface area contributed by atoms with Crippen LogP contribution in [0.3, 0.4) is 0 Å². The maximum Gasteiger partial charge on any atom is 0.317 e. The van der Waals surface area contributed by atoms with E-state index in [2.05, 4.69) is 21.1 Å². The standard InChI is InChI=1S/C18H28NO5/c1-14(21)24-13-18(2,12-20)17(22)23-11-16-8-6-15(7-9-16)10-19(3,4)5/h6-9,20H,10-13H2,1-5H3/q+1. The first kappa shape index (κ1) is 20.1. The molecule has 0 aromatic heterocycles. The highest BCUT2D eigenvalue weighted by Crippen LogP contribution is 2.20. The van der Waals surface area contributed by atoms with Crippen LogP contribution in [-0.2, 0) is 32.2 Å². The van der Waals surface area contributed by atoms with Gasteiger partial charge in [-0.2, -0.15) is 0 Å². The van der Waals surface area contributed by atoms with E-state index in [4.69, 9.17) is 9.47 Å². The van der Waals surface area contributed by atoms with Gasteiger partial charge in [0.1, 0.15) is 25.2 Å². The summed E-state index contributed by atoms with van der Waals surface area (Å²) in [5.41, 5.74) is 0.809. The Hall–Kier alpha value is -1.92. The van der Waals surface area contributed by atoms with E-state index in [1.54, 1.807) is 0 Å². The Morgan fingerprint density at radius 3 is 2.08 bits per heavy atom. The number of carbonyl (C=O) groups excluding carboxylic acids is 2. The van der Waals surface area contributed by atoms with Gasteiger partial charge in [-0.1, -0.05) is 24.3 Å².